The van der Waals surface area contributed by atoms with E-state index in [9.17, 15) is 0 Å². The average molecular weight is 119 g/mol. The van der Waals surface area contributed by atoms with Gasteiger partial charge in [0, 0.05) is 0 Å². The van der Waals surface area contributed by atoms with E-state index in [4.69, 9.17) is 0 Å². The lowest BCUT2D eigenvalue weighted by Crippen LogP contribution is -1.72. The van der Waals surface area contributed by atoms with E-state index in [2.05, 4.69) is 24.8 Å². The van der Waals surface area contributed by atoms with Crippen molar-refractivity contribution >= 4 is 0 Å². The highest BCUT2D eigenvalue weighted by Crippen LogP contribution is 2.13. The topological polar surface area (TPSA) is 0 Å². The van der Waals surface area contributed by atoms with Crippen molar-refractivity contribution in [1.29, 1.82) is 0 Å². The molecule has 0 fully saturated rings. The molecule has 9 heavy (non-hydrogen) atoms. The van der Waals surface area contributed by atoms with Crippen LogP contribution in [0.25, 0.3) is 0 Å². The van der Waals surface area contributed by atoms with E-state index >= 15 is 0 Å². The van der Waals surface area contributed by atoms with Crippen LogP contribution < -0.4 is 0 Å². The van der Waals surface area contributed by atoms with E-state index in [1.165, 1.54) is 5.57 Å². The summed E-state index contributed by atoms with van der Waals surface area (Å²) < 4.78 is 0. The van der Waals surface area contributed by atoms with E-state index in [0.29, 0.717) is 0 Å². The highest BCUT2D eigenvalue weighted by Gasteiger charge is 1.94. The van der Waals surface area contributed by atoms with E-state index in [-0.39, 0.29) is 0 Å². The number of rotatable bonds is 3. The van der Waals surface area contributed by atoms with Crippen molar-refractivity contribution in [1.82, 2.24) is 0 Å². The van der Waals surface area contributed by atoms with Gasteiger partial charge in [0.1, 0.15) is 0 Å². The summed E-state index contributed by atoms with van der Waals surface area (Å²) in [6, 6.07) is 0. The van der Waals surface area contributed by atoms with Crippen LogP contribution in [0.4, 0.5) is 0 Å². The molecule has 0 aromatic rings. The fourth-order valence-corrected chi connectivity index (χ4v) is 0.879. The predicted octanol–water partition coefficient (Wildman–Crippen LogP) is 2.64. The van der Waals surface area contributed by atoms with Gasteiger partial charge in [-0.2, -0.15) is 0 Å². The van der Waals surface area contributed by atoms with Gasteiger partial charge in [-0.1, -0.05) is 18.2 Å². The van der Waals surface area contributed by atoms with E-state index in [1.54, 1.807) is 0 Å². The van der Waals surface area contributed by atoms with Gasteiger partial charge >= 0.3 is 0 Å². The normalized spacial score (nSPS) is 15.8. The first-order valence-corrected chi connectivity index (χ1v) is 3.30. The van der Waals surface area contributed by atoms with Gasteiger partial charge in [0.05, 0.1) is 0 Å². The second kappa shape index (κ2) is 3.29. The average Bonchev–Trinajstić information content (AvgIpc) is 2.34. The van der Waals surface area contributed by atoms with Crippen LogP contribution in [0.2, 0.25) is 0 Å². The molecular weight excluding hydrogens is 108 g/mol. The Balaban J connectivity index is 2.27. The standard InChI is InChI=1S/C9H11/c1-2-3-6-9-7-4-5-8-9/h2,4,7H,1,3,5-6H2. The van der Waals surface area contributed by atoms with Crippen LogP contribution in [-0.4, -0.2) is 0 Å². The molecule has 0 saturated carbocycles. The second-order valence-corrected chi connectivity index (χ2v) is 2.14. The Morgan fingerprint density at radius 3 is 3.22 bits per heavy atom. The Bertz CT molecular complexity index is 149. The van der Waals surface area contributed by atoms with Crippen molar-refractivity contribution in [3.63, 3.8) is 0 Å². The summed E-state index contributed by atoms with van der Waals surface area (Å²) in [5, 5.41) is 0. The molecule has 1 aliphatic rings. The third kappa shape index (κ3) is 1.88. The molecule has 47 valence electrons. The maximum Gasteiger partial charge on any atom is -0.00885 e. The molecule has 0 spiro atoms. The molecule has 0 aliphatic heterocycles. The Morgan fingerprint density at radius 1 is 1.78 bits per heavy atom. The lowest BCUT2D eigenvalue weighted by molar-refractivity contribution is 1.01. The number of hydrogen-bond acceptors (Lipinski definition) is 0. The molecule has 0 bridgehead atoms. The molecule has 0 nitrogen and oxygen atoms in total. The molecule has 0 atom stereocenters. The third-order valence-electron chi connectivity index (χ3n) is 1.38. The Morgan fingerprint density at radius 2 is 2.67 bits per heavy atom. The molecule has 0 N–H and O–H groups in total. The van der Waals surface area contributed by atoms with Gasteiger partial charge in [0.15, 0.2) is 0 Å². The Labute approximate surface area is 56.6 Å². The quantitative estimate of drug-likeness (QED) is 0.501. The minimum absolute atomic E-state index is 1.01. The van der Waals surface area contributed by atoms with Crippen molar-refractivity contribution < 1.29 is 0 Å². The molecule has 0 aromatic carbocycles. The van der Waals surface area contributed by atoms with Crippen LogP contribution in [0.1, 0.15) is 19.3 Å². The van der Waals surface area contributed by atoms with E-state index in [1.807, 2.05) is 6.08 Å². The van der Waals surface area contributed by atoms with Gasteiger partial charge in [-0.3, -0.25) is 0 Å². The molecule has 1 radical (unpaired) electrons. The van der Waals surface area contributed by atoms with Crippen LogP contribution in [-0.2, 0) is 0 Å². The maximum absolute atomic E-state index is 3.66. The summed E-state index contributed by atoms with van der Waals surface area (Å²) in [7, 11) is 0. The number of allylic oxidation sites excluding steroid dienone is 5. The molecule has 0 amide bonds. The smallest absolute Gasteiger partial charge is 0.00885 e. The van der Waals surface area contributed by atoms with Crippen LogP contribution in [0.3, 0.4) is 0 Å². The minimum atomic E-state index is 1.01. The largest absolute Gasteiger partial charge is 0.103 e. The summed E-state index contributed by atoms with van der Waals surface area (Å²) in [6.07, 6.45) is 12.7. The first-order valence-electron chi connectivity index (χ1n) is 3.30. The zero-order valence-electron chi connectivity index (χ0n) is 5.56. The maximum atomic E-state index is 3.66. The molecule has 1 rings (SSSR count). The molecule has 0 unspecified atom stereocenters. The van der Waals surface area contributed by atoms with Crippen molar-refractivity contribution in [3.8, 4) is 0 Å². The molecule has 1 aliphatic carbocycles. The minimum Gasteiger partial charge on any atom is -0.103 e. The molecule has 0 heterocycles. The van der Waals surface area contributed by atoms with Gasteiger partial charge < -0.3 is 0 Å². The monoisotopic (exact) mass is 119 g/mol. The van der Waals surface area contributed by atoms with Crippen molar-refractivity contribution in [2.75, 3.05) is 0 Å². The number of hydrogen-bond donors (Lipinski definition) is 0. The van der Waals surface area contributed by atoms with Gasteiger partial charge in [-0.15, -0.1) is 6.58 Å². The van der Waals surface area contributed by atoms with E-state index < -0.39 is 0 Å². The van der Waals surface area contributed by atoms with Crippen LogP contribution in [0, 0.1) is 6.08 Å². The summed E-state index contributed by atoms with van der Waals surface area (Å²) in [4.78, 5) is 0. The second-order valence-electron chi connectivity index (χ2n) is 2.14. The van der Waals surface area contributed by atoms with Gasteiger partial charge in [-0.25, -0.2) is 0 Å². The summed E-state index contributed by atoms with van der Waals surface area (Å²) in [5.41, 5.74) is 1.34. The van der Waals surface area contributed by atoms with E-state index in [0.717, 1.165) is 19.3 Å². The van der Waals surface area contributed by atoms with Crippen LogP contribution in [0.15, 0.2) is 30.4 Å². The zero-order chi connectivity index (χ0) is 6.53. The SMILES string of the molecule is C=CCCC1=[C]CC=C1. The first-order chi connectivity index (χ1) is 4.43. The Kier molecular flexibility index (Phi) is 2.32. The fraction of sp³-hybridized carbons (Fsp3) is 0.333. The highest BCUT2D eigenvalue weighted by atomic mass is 14.0. The van der Waals surface area contributed by atoms with Crippen molar-refractivity contribution in [2.24, 2.45) is 0 Å². The van der Waals surface area contributed by atoms with Crippen molar-refractivity contribution in [3.05, 3.63) is 36.5 Å². The summed E-state index contributed by atoms with van der Waals surface area (Å²) >= 11 is 0. The van der Waals surface area contributed by atoms with Crippen LogP contribution >= 0.6 is 0 Å². The van der Waals surface area contributed by atoms with Gasteiger partial charge in [0.2, 0.25) is 0 Å². The lowest BCUT2D eigenvalue weighted by Gasteiger charge is -1.91. The Hall–Kier alpha value is -0.780. The van der Waals surface area contributed by atoms with Crippen molar-refractivity contribution in [2.45, 2.75) is 19.3 Å². The third-order valence-corrected chi connectivity index (χ3v) is 1.38. The lowest BCUT2D eigenvalue weighted by atomic mass is 10.1. The van der Waals surface area contributed by atoms with Gasteiger partial charge in [-0.05, 0) is 30.9 Å². The van der Waals surface area contributed by atoms with Crippen LogP contribution in [0.5, 0.6) is 0 Å². The zero-order valence-corrected chi connectivity index (χ0v) is 5.56. The summed E-state index contributed by atoms with van der Waals surface area (Å²) in [6.45, 7) is 3.66. The predicted molar refractivity (Wildman–Crippen MR) is 39.9 cm³/mol. The fourth-order valence-electron chi connectivity index (χ4n) is 0.879. The molecular formula is C9H11. The van der Waals surface area contributed by atoms with Gasteiger partial charge in [0.25, 0.3) is 0 Å². The first kappa shape index (κ1) is 6.34. The molecule has 0 heteroatoms. The summed E-state index contributed by atoms with van der Waals surface area (Å²) in [5.74, 6) is 0. The molecule has 0 saturated heterocycles. The molecule has 0 aromatic heterocycles. The highest BCUT2D eigenvalue weighted by molar-refractivity contribution is 5.22.